The first kappa shape index (κ1) is 24.7. The Hall–Kier alpha value is -4.98. The first-order valence-electron chi connectivity index (χ1n) is 11.7. The maximum absolute atomic E-state index is 10.3. The fourth-order valence-corrected chi connectivity index (χ4v) is 4.80. The summed E-state index contributed by atoms with van der Waals surface area (Å²) in [4.78, 5) is 0. The molecule has 4 aromatic rings. The van der Waals surface area contributed by atoms with E-state index in [0.717, 1.165) is 11.1 Å². The number of phenols is 5. The lowest BCUT2D eigenvalue weighted by Gasteiger charge is -2.21. The van der Waals surface area contributed by atoms with Crippen LogP contribution in [0.3, 0.4) is 0 Å². The lowest BCUT2D eigenvalue weighted by molar-refractivity contribution is 0.213. The van der Waals surface area contributed by atoms with Crippen molar-refractivity contribution in [2.75, 3.05) is 14.2 Å². The van der Waals surface area contributed by atoms with Gasteiger partial charge in [-0.25, -0.2) is 0 Å². The smallest absolute Gasteiger partial charge is 0.166 e. The third-order valence-corrected chi connectivity index (χ3v) is 6.42. The van der Waals surface area contributed by atoms with E-state index in [4.69, 9.17) is 14.2 Å². The van der Waals surface area contributed by atoms with Gasteiger partial charge < -0.3 is 39.7 Å². The summed E-state index contributed by atoms with van der Waals surface area (Å²) in [6.45, 7) is 0. The Bertz CT molecular complexity index is 1500. The largest absolute Gasteiger partial charge is 0.508 e. The van der Waals surface area contributed by atoms with Crippen molar-refractivity contribution in [2.24, 2.45) is 0 Å². The second-order valence-electron chi connectivity index (χ2n) is 8.99. The second kappa shape index (κ2) is 9.82. The lowest BCUT2D eigenvalue weighted by Crippen LogP contribution is -2.11. The van der Waals surface area contributed by atoms with Crippen LogP contribution >= 0.6 is 0 Å². The maximum atomic E-state index is 10.3. The van der Waals surface area contributed by atoms with Gasteiger partial charge in [-0.3, -0.25) is 0 Å². The van der Waals surface area contributed by atoms with Crippen LogP contribution in [0.25, 0.3) is 12.2 Å². The third-order valence-electron chi connectivity index (χ3n) is 6.42. The number of ether oxygens (including phenoxy) is 3. The van der Waals surface area contributed by atoms with Crippen molar-refractivity contribution in [1.82, 2.24) is 0 Å². The minimum absolute atomic E-state index is 0.0127. The quantitative estimate of drug-likeness (QED) is 0.208. The molecule has 1 aliphatic heterocycles. The molecule has 0 saturated heterocycles. The van der Waals surface area contributed by atoms with Gasteiger partial charge in [-0.2, -0.15) is 0 Å². The lowest BCUT2D eigenvalue weighted by atomic mass is 9.84. The Kier molecular flexibility index (Phi) is 6.38. The highest BCUT2D eigenvalue weighted by Crippen LogP contribution is 2.54. The van der Waals surface area contributed by atoms with E-state index in [0.29, 0.717) is 28.2 Å². The molecule has 0 aliphatic carbocycles. The summed E-state index contributed by atoms with van der Waals surface area (Å²) in [7, 11) is 2.99. The van der Waals surface area contributed by atoms with Crippen molar-refractivity contribution in [1.29, 1.82) is 0 Å². The average Bonchev–Trinajstić information content (AvgIpc) is 3.25. The summed E-state index contributed by atoms with van der Waals surface area (Å²) in [5, 5.41) is 50.2. The predicted molar refractivity (Wildman–Crippen MR) is 141 cm³/mol. The SMILES string of the molecule is COc1cc([C@@H]2Oc3c(OC)cc(C=Cc4cc(O)cc(O)c4)cc3[C@H]2c2cc(O)cc(O)c2)ccc1O. The summed E-state index contributed by atoms with van der Waals surface area (Å²) in [5.74, 6) is 0.480. The van der Waals surface area contributed by atoms with E-state index in [-0.39, 0.29) is 34.5 Å². The Labute approximate surface area is 218 Å². The van der Waals surface area contributed by atoms with Gasteiger partial charge in [0.05, 0.1) is 20.1 Å². The van der Waals surface area contributed by atoms with E-state index in [1.54, 1.807) is 36.4 Å². The molecule has 4 aromatic carbocycles. The van der Waals surface area contributed by atoms with Crippen LogP contribution < -0.4 is 14.2 Å². The van der Waals surface area contributed by atoms with E-state index in [9.17, 15) is 25.5 Å². The monoisotopic (exact) mass is 514 g/mol. The Morgan fingerprint density at radius 3 is 1.82 bits per heavy atom. The van der Waals surface area contributed by atoms with Gasteiger partial charge in [-0.1, -0.05) is 18.2 Å². The summed E-state index contributed by atoms with van der Waals surface area (Å²) < 4.78 is 17.4. The van der Waals surface area contributed by atoms with Crippen molar-refractivity contribution in [3.63, 3.8) is 0 Å². The summed E-state index contributed by atoms with van der Waals surface area (Å²) >= 11 is 0. The molecule has 0 unspecified atom stereocenters. The van der Waals surface area contributed by atoms with Crippen molar-refractivity contribution >= 4 is 12.2 Å². The highest BCUT2D eigenvalue weighted by molar-refractivity contribution is 5.74. The predicted octanol–water partition coefficient (Wildman–Crippen LogP) is 5.67. The number of aromatic hydroxyl groups is 5. The number of methoxy groups -OCH3 is 2. The number of benzene rings is 4. The fourth-order valence-electron chi connectivity index (χ4n) is 4.80. The van der Waals surface area contributed by atoms with E-state index in [1.807, 2.05) is 12.1 Å². The van der Waals surface area contributed by atoms with E-state index >= 15 is 0 Å². The summed E-state index contributed by atoms with van der Waals surface area (Å²) in [6.07, 6.45) is 2.95. The van der Waals surface area contributed by atoms with Gasteiger partial charge in [0.1, 0.15) is 29.1 Å². The Balaban J connectivity index is 1.65. The Morgan fingerprint density at radius 2 is 1.21 bits per heavy atom. The highest BCUT2D eigenvalue weighted by Gasteiger charge is 2.39. The molecule has 0 bridgehead atoms. The van der Waals surface area contributed by atoms with Crippen molar-refractivity contribution < 1.29 is 39.7 Å². The van der Waals surface area contributed by atoms with Crippen LogP contribution in [0.5, 0.6) is 46.0 Å². The molecule has 0 fully saturated rings. The zero-order valence-electron chi connectivity index (χ0n) is 20.6. The zero-order chi connectivity index (χ0) is 27.0. The fraction of sp³-hybridized carbons (Fsp3) is 0.133. The zero-order valence-corrected chi connectivity index (χ0v) is 20.6. The molecule has 2 atom stereocenters. The van der Waals surface area contributed by atoms with Gasteiger partial charge in [0.2, 0.25) is 0 Å². The molecular weight excluding hydrogens is 488 g/mol. The first-order chi connectivity index (χ1) is 18.2. The van der Waals surface area contributed by atoms with Crippen LogP contribution in [0.4, 0.5) is 0 Å². The summed E-state index contributed by atoms with van der Waals surface area (Å²) in [5.41, 5.74) is 3.43. The molecule has 8 heteroatoms. The number of hydrogen-bond donors (Lipinski definition) is 5. The second-order valence-corrected chi connectivity index (χ2v) is 8.99. The average molecular weight is 515 g/mol. The molecule has 8 nitrogen and oxygen atoms in total. The van der Waals surface area contributed by atoms with Gasteiger partial charge in [-0.15, -0.1) is 0 Å². The van der Waals surface area contributed by atoms with Crippen molar-refractivity contribution in [3.8, 4) is 46.0 Å². The van der Waals surface area contributed by atoms with Crippen LogP contribution in [0, 0.1) is 0 Å². The molecule has 0 radical (unpaired) electrons. The van der Waals surface area contributed by atoms with Gasteiger partial charge in [0.25, 0.3) is 0 Å². The number of hydrogen-bond acceptors (Lipinski definition) is 8. The molecule has 5 rings (SSSR count). The number of phenolic OH excluding ortho intramolecular Hbond substituents is 5. The van der Waals surface area contributed by atoms with Crippen LogP contribution in [0.1, 0.15) is 39.8 Å². The normalized spacial score (nSPS) is 16.3. The van der Waals surface area contributed by atoms with Crippen molar-refractivity contribution in [3.05, 3.63) is 94.5 Å². The highest BCUT2D eigenvalue weighted by atomic mass is 16.5. The van der Waals surface area contributed by atoms with E-state index < -0.39 is 12.0 Å². The van der Waals surface area contributed by atoms with Crippen LogP contribution in [0.15, 0.2) is 66.7 Å². The van der Waals surface area contributed by atoms with Crippen LogP contribution in [-0.4, -0.2) is 39.8 Å². The molecule has 194 valence electrons. The molecule has 0 aromatic heterocycles. The van der Waals surface area contributed by atoms with Crippen molar-refractivity contribution in [2.45, 2.75) is 12.0 Å². The summed E-state index contributed by atoms with van der Waals surface area (Å²) in [6, 6.07) is 17.3. The maximum Gasteiger partial charge on any atom is 0.166 e. The first-order valence-corrected chi connectivity index (χ1v) is 11.7. The molecular formula is C30H26O8. The van der Waals surface area contributed by atoms with Crippen LogP contribution in [0.2, 0.25) is 0 Å². The van der Waals surface area contributed by atoms with E-state index in [1.165, 1.54) is 44.6 Å². The molecule has 5 N–H and O–H groups in total. The number of rotatable bonds is 6. The molecule has 1 heterocycles. The van der Waals surface area contributed by atoms with Gasteiger partial charge in [0.15, 0.2) is 23.0 Å². The van der Waals surface area contributed by atoms with Gasteiger partial charge in [0, 0.05) is 17.7 Å². The molecule has 0 amide bonds. The minimum atomic E-state index is -0.600. The minimum Gasteiger partial charge on any atom is -0.508 e. The van der Waals surface area contributed by atoms with Gasteiger partial charge >= 0.3 is 0 Å². The molecule has 0 saturated carbocycles. The number of fused-ring (bicyclic) bond motifs is 1. The van der Waals surface area contributed by atoms with E-state index in [2.05, 4.69) is 0 Å². The standard InChI is InChI=1S/C30H26O8/c1-36-26-13-18(5-6-25(26)35)29-28(19-11-22(33)15-23(34)12-19)24-9-17(10-27(37-2)30(24)38-29)4-3-16-7-20(31)14-21(32)8-16/h3-15,28-29,31-35H,1-2H3/t28-,29+/m1/s1. The Morgan fingerprint density at radius 1 is 0.632 bits per heavy atom. The molecule has 38 heavy (non-hydrogen) atoms. The molecule has 1 aliphatic rings. The van der Waals surface area contributed by atoms with Gasteiger partial charge in [-0.05, 0) is 70.8 Å². The molecule has 0 spiro atoms. The topological polar surface area (TPSA) is 129 Å². The van der Waals surface area contributed by atoms with Crippen LogP contribution in [-0.2, 0) is 0 Å². The third kappa shape index (κ3) is 4.71.